The molecule has 0 unspecified atom stereocenters. The van der Waals surface area contributed by atoms with Crippen molar-refractivity contribution >= 4 is 71.1 Å². The van der Waals surface area contributed by atoms with Crippen LogP contribution >= 0.6 is 0 Å². The van der Waals surface area contributed by atoms with Crippen LogP contribution in [0.2, 0.25) is 0 Å². The van der Waals surface area contributed by atoms with Crippen LogP contribution in [0, 0.1) is 11.8 Å². The van der Waals surface area contributed by atoms with Gasteiger partial charge in [-0.3, -0.25) is 53.1 Å². The number of nitrogens with two attached hydrogens (primary N) is 7. The highest BCUT2D eigenvalue weighted by molar-refractivity contribution is 5.99. The van der Waals surface area contributed by atoms with Crippen LogP contribution in [0.4, 0.5) is 0 Å². The van der Waals surface area contributed by atoms with Crippen molar-refractivity contribution in [2.75, 3.05) is 19.6 Å². The highest BCUT2D eigenvalue weighted by Crippen LogP contribution is 2.10. The first-order valence-electron chi connectivity index (χ1n) is 20.0. The Bertz CT molecular complexity index is 1680. The molecule has 0 bridgehead atoms. The first-order chi connectivity index (χ1) is 29.2. The van der Waals surface area contributed by atoms with Gasteiger partial charge < -0.3 is 82.5 Å². The zero-order valence-electron chi connectivity index (χ0n) is 36.2. The highest BCUT2D eigenvalue weighted by Gasteiger charge is 2.35. The summed E-state index contributed by atoms with van der Waals surface area (Å²) in [6.07, 6.45) is -0.805. The minimum atomic E-state index is -1.70. The van der Waals surface area contributed by atoms with E-state index in [1.54, 1.807) is 13.8 Å². The van der Waals surface area contributed by atoms with Crippen LogP contribution in [0.5, 0.6) is 0 Å². The smallest absolute Gasteiger partial charge is 0.326 e. The average molecular weight is 899 g/mol. The molecular formula is C36H66N16O11. The van der Waals surface area contributed by atoms with Crippen LogP contribution in [0.25, 0.3) is 0 Å². The van der Waals surface area contributed by atoms with Crippen molar-refractivity contribution in [1.29, 1.82) is 0 Å². The summed E-state index contributed by atoms with van der Waals surface area (Å²) in [5, 5.41) is 26.1. The lowest BCUT2D eigenvalue weighted by Crippen LogP contribution is -2.61. The van der Waals surface area contributed by atoms with Gasteiger partial charge in [0.2, 0.25) is 53.2 Å². The van der Waals surface area contributed by atoms with E-state index in [4.69, 9.17) is 40.1 Å². The largest absolute Gasteiger partial charge is 0.480 e. The van der Waals surface area contributed by atoms with Gasteiger partial charge >= 0.3 is 5.97 Å². The van der Waals surface area contributed by atoms with Crippen molar-refractivity contribution in [3.63, 3.8) is 0 Å². The lowest BCUT2D eigenvalue weighted by atomic mass is 10.00. The first kappa shape index (κ1) is 56.2. The number of nitrogens with one attached hydrogen (secondary N) is 7. The van der Waals surface area contributed by atoms with E-state index >= 15 is 0 Å². The Labute approximate surface area is 364 Å². The number of primary amides is 2. The lowest BCUT2D eigenvalue weighted by Gasteiger charge is -2.28. The van der Waals surface area contributed by atoms with Crippen LogP contribution in [0.1, 0.15) is 79.6 Å². The molecule has 356 valence electrons. The Hall–Kier alpha value is -6.80. The summed E-state index contributed by atoms with van der Waals surface area (Å²) in [5.41, 5.74) is 37.6. The Kier molecular flexibility index (Phi) is 25.6. The predicted octanol–water partition coefficient (Wildman–Crippen LogP) is -7.00. The minimum Gasteiger partial charge on any atom is -0.480 e. The van der Waals surface area contributed by atoms with Crippen molar-refractivity contribution in [1.82, 2.24) is 37.2 Å². The van der Waals surface area contributed by atoms with E-state index in [2.05, 4.69) is 47.2 Å². The number of aliphatic carboxylic acids is 1. The summed E-state index contributed by atoms with van der Waals surface area (Å²) in [7, 11) is 0. The molecule has 9 amide bonds. The summed E-state index contributed by atoms with van der Waals surface area (Å²) in [6.45, 7) is 7.46. The van der Waals surface area contributed by atoms with Crippen LogP contribution in [-0.4, -0.2) is 138 Å². The summed E-state index contributed by atoms with van der Waals surface area (Å²) in [6, 6.07) is -9.89. The molecule has 0 fully saturated rings. The average Bonchev–Trinajstić information content (AvgIpc) is 3.16. The van der Waals surface area contributed by atoms with E-state index in [9.17, 15) is 53.1 Å². The molecule has 0 aliphatic heterocycles. The molecule has 0 saturated heterocycles. The molecule has 0 aromatic heterocycles. The third-order valence-corrected chi connectivity index (χ3v) is 8.72. The van der Waals surface area contributed by atoms with E-state index in [0.717, 1.165) is 0 Å². The number of carboxylic acid groups (broad SMARTS) is 1. The molecule has 63 heavy (non-hydrogen) atoms. The normalized spacial score (nSPS) is 14.2. The molecule has 22 N–H and O–H groups in total. The molecule has 0 heterocycles. The third kappa shape index (κ3) is 24.3. The van der Waals surface area contributed by atoms with Gasteiger partial charge in [0, 0.05) is 13.1 Å². The molecule has 27 nitrogen and oxygen atoms in total. The highest BCUT2D eigenvalue weighted by atomic mass is 16.4. The molecule has 0 aromatic rings. The number of amides is 9. The summed E-state index contributed by atoms with van der Waals surface area (Å²) in [5.74, 6) is -11.1. The van der Waals surface area contributed by atoms with E-state index in [1.807, 2.05) is 0 Å². The summed E-state index contributed by atoms with van der Waals surface area (Å²) in [4.78, 5) is 135. The fourth-order valence-electron chi connectivity index (χ4n) is 5.48. The minimum absolute atomic E-state index is 0.00398. The maximum absolute atomic E-state index is 13.6. The number of hydrogen-bond acceptors (Lipinski definition) is 13. The fraction of sp³-hybridized carbons (Fsp3) is 0.667. The van der Waals surface area contributed by atoms with Gasteiger partial charge in [0.15, 0.2) is 11.9 Å². The number of hydrogen-bond donors (Lipinski definition) is 15. The number of rotatable bonds is 30. The third-order valence-electron chi connectivity index (χ3n) is 8.72. The second-order valence-corrected chi connectivity index (χ2v) is 15.3. The van der Waals surface area contributed by atoms with E-state index in [1.165, 1.54) is 20.8 Å². The van der Waals surface area contributed by atoms with Crippen LogP contribution in [-0.2, 0) is 47.9 Å². The molecular weight excluding hydrogens is 832 g/mol. The van der Waals surface area contributed by atoms with E-state index in [0.29, 0.717) is 6.42 Å². The molecule has 27 heteroatoms. The molecule has 0 spiro atoms. The second-order valence-electron chi connectivity index (χ2n) is 15.3. The van der Waals surface area contributed by atoms with Gasteiger partial charge in [0.05, 0.1) is 25.4 Å². The van der Waals surface area contributed by atoms with Gasteiger partial charge in [-0.15, -0.1) is 0 Å². The van der Waals surface area contributed by atoms with E-state index < -0.39 is 127 Å². The molecule has 0 aromatic carbocycles. The van der Waals surface area contributed by atoms with Gasteiger partial charge in [0.1, 0.15) is 36.3 Å². The Morgan fingerprint density at radius 1 is 0.540 bits per heavy atom. The predicted molar refractivity (Wildman–Crippen MR) is 228 cm³/mol. The zero-order valence-corrected chi connectivity index (χ0v) is 36.2. The van der Waals surface area contributed by atoms with Crippen LogP contribution in [0.3, 0.4) is 0 Å². The first-order valence-corrected chi connectivity index (χ1v) is 20.0. The van der Waals surface area contributed by atoms with Crippen LogP contribution in [0.15, 0.2) is 9.98 Å². The lowest BCUT2D eigenvalue weighted by molar-refractivity contribution is -0.142. The SMILES string of the molecule is CC(C)C[C@H](NC(=O)[C@H](CC(N)=O)NC(=O)[C@@H](NC(=O)[C@H](CC(N)=O)NC(=O)[C@H](C)NC(=O)CNC(=O)[C@@H](N)CCCN=C(N)N)C(C)C)C(=O)N[C@@H](CCCN=C(N)N)C(=O)O. The number of guanidine groups is 2. The van der Waals surface area contributed by atoms with Crippen molar-refractivity contribution in [2.45, 2.75) is 122 Å². The van der Waals surface area contributed by atoms with Crippen LogP contribution < -0.4 is 77.4 Å². The van der Waals surface area contributed by atoms with Gasteiger partial charge in [-0.2, -0.15) is 0 Å². The number of carbonyl (C=O) groups is 10. The fourth-order valence-corrected chi connectivity index (χ4v) is 5.48. The molecule has 7 atom stereocenters. The monoisotopic (exact) mass is 899 g/mol. The Morgan fingerprint density at radius 2 is 0.984 bits per heavy atom. The van der Waals surface area contributed by atoms with Gasteiger partial charge in [-0.1, -0.05) is 27.7 Å². The molecule has 0 aliphatic carbocycles. The number of nitrogens with zero attached hydrogens (tertiary/aromatic N) is 2. The zero-order chi connectivity index (χ0) is 48.6. The quantitative estimate of drug-likeness (QED) is 0.0181. The molecule has 0 radical (unpaired) electrons. The van der Waals surface area contributed by atoms with Crippen molar-refractivity contribution in [3.8, 4) is 0 Å². The number of carboxylic acids is 1. The summed E-state index contributed by atoms with van der Waals surface area (Å²) < 4.78 is 0. The molecule has 0 rings (SSSR count). The van der Waals surface area contributed by atoms with E-state index in [-0.39, 0.29) is 56.6 Å². The summed E-state index contributed by atoms with van der Waals surface area (Å²) >= 11 is 0. The number of aliphatic imine (C=N–C) groups is 2. The van der Waals surface area contributed by atoms with Crippen molar-refractivity contribution < 1.29 is 53.1 Å². The maximum Gasteiger partial charge on any atom is 0.326 e. The maximum atomic E-state index is 13.6. The Balaban J connectivity index is 5.89. The Morgan fingerprint density at radius 3 is 1.44 bits per heavy atom. The van der Waals surface area contributed by atoms with Gasteiger partial charge in [-0.05, 0) is 50.9 Å². The van der Waals surface area contributed by atoms with Gasteiger partial charge in [-0.25, -0.2) is 4.79 Å². The van der Waals surface area contributed by atoms with Gasteiger partial charge in [0.25, 0.3) is 0 Å². The standard InChI is InChI=1S/C36H66N16O11/c1-16(2)12-21(30(58)48-20(34(62)63)9-7-11-45-36(42)43)50-31(59)22(13-24(38)53)51-33(61)27(17(3)4)52-32(60)23(14-25(39)54)49-28(56)18(5)47-26(55)15-46-29(57)19(37)8-6-10-44-35(40)41/h16-23,27H,6-15,37H2,1-5H3,(H2,38,53)(H2,39,54)(H,46,57)(H,47,55)(H,48,58)(H,49,56)(H,50,59)(H,51,61)(H,52,60)(H,62,63)(H4,40,41,44)(H4,42,43,45)/t18-,19-,20-,21-,22-,23-,27-/m0/s1. The molecule has 0 saturated carbocycles. The second kappa shape index (κ2) is 28.7. The number of carbonyl (C=O) groups excluding carboxylic acids is 9. The topological polar surface area (TPSA) is 482 Å². The van der Waals surface area contributed by atoms with Crippen molar-refractivity contribution in [2.24, 2.45) is 62.0 Å². The van der Waals surface area contributed by atoms with Crippen molar-refractivity contribution in [3.05, 3.63) is 0 Å². The molecule has 0 aliphatic rings.